The van der Waals surface area contributed by atoms with Crippen molar-refractivity contribution in [1.29, 1.82) is 0 Å². The molecule has 1 aromatic heterocycles. The number of ether oxygens (including phenoxy) is 2. The Balaban J connectivity index is 1.77. The van der Waals surface area contributed by atoms with E-state index < -0.39 is 4.92 Å². The Labute approximate surface area is 160 Å². The molecular formula is C18H19N5O5. The standard InChI is InChI=1S/C18H19N5O5/c1-2-27-13-5-3-12(4-6-13)19-14-11-15(22-7-9-26-10-8-22)16-17(21-28-20-16)18(14)23(24)25/h3-6,11,19H,2,7-10H2,1H3. The molecule has 0 bridgehead atoms. The second-order valence-electron chi connectivity index (χ2n) is 6.19. The number of nitrogens with zero attached hydrogens (tertiary/aromatic N) is 4. The third-order valence-electron chi connectivity index (χ3n) is 4.47. The largest absolute Gasteiger partial charge is 0.494 e. The molecule has 0 unspecified atom stereocenters. The average Bonchev–Trinajstić information content (AvgIpc) is 3.19. The SMILES string of the molecule is CCOc1ccc(Nc2cc(N3CCOCC3)c3nonc3c2[N+](=O)[O-])cc1. The van der Waals surface area contributed by atoms with Crippen molar-refractivity contribution in [3.8, 4) is 5.75 Å². The number of anilines is 3. The van der Waals surface area contributed by atoms with Crippen LogP contribution in [0.15, 0.2) is 35.0 Å². The number of aromatic nitrogens is 2. The quantitative estimate of drug-likeness (QED) is 0.504. The van der Waals surface area contributed by atoms with E-state index in [9.17, 15) is 10.1 Å². The van der Waals surface area contributed by atoms with Crippen molar-refractivity contribution >= 4 is 33.8 Å². The molecule has 0 aliphatic carbocycles. The molecule has 10 nitrogen and oxygen atoms in total. The highest BCUT2D eigenvalue weighted by molar-refractivity contribution is 6.00. The van der Waals surface area contributed by atoms with E-state index in [-0.39, 0.29) is 11.2 Å². The molecule has 2 heterocycles. The highest BCUT2D eigenvalue weighted by Gasteiger charge is 2.28. The molecule has 4 rings (SSSR count). The summed E-state index contributed by atoms with van der Waals surface area (Å²) >= 11 is 0. The van der Waals surface area contributed by atoms with Gasteiger partial charge in [0.05, 0.1) is 30.4 Å². The van der Waals surface area contributed by atoms with Crippen molar-refractivity contribution in [2.24, 2.45) is 0 Å². The van der Waals surface area contributed by atoms with E-state index in [1.165, 1.54) is 0 Å². The van der Waals surface area contributed by atoms with Crippen molar-refractivity contribution in [2.75, 3.05) is 43.1 Å². The molecule has 1 N–H and O–H groups in total. The lowest BCUT2D eigenvalue weighted by Gasteiger charge is -2.29. The number of hydrogen-bond acceptors (Lipinski definition) is 9. The van der Waals surface area contributed by atoms with Crippen LogP contribution in [0.2, 0.25) is 0 Å². The van der Waals surface area contributed by atoms with Gasteiger partial charge in [-0.1, -0.05) is 0 Å². The maximum atomic E-state index is 11.8. The molecule has 0 amide bonds. The normalized spacial score (nSPS) is 14.2. The van der Waals surface area contributed by atoms with Crippen LogP contribution >= 0.6 is 0 Å². The molecule has 28 heavy (non-hydrogen) atoms. The van der Waals surface area contributed by atoms with Gasteiger partial charge in [-0.3, -0.25) is 10.1 Å². The molecule has 1 saturated heterocycles. The molecule has 10 heteroatoms. The van der Waals surface area contributed by atoms with E-state index in [1.807, 2.05) is 6.92 Å². The number of nitro benzene ring substituents is 1. The highest BCUT2D eigenvalue weighted by atomic mass is 16.6. The molecule has 0 saturated carbocycles. The van der Waals surface area contributed by atoms with Gasteiger partial charge in [0.15, 0.2) is 5.52 Å². The van der Waals surface area contributed by atoms with Crippen LogP contribution < -0.4 is 15.0 Å². The minimum atomic E-state index is -0.480. The second-order valence-corrected chi connectivity index (χ2v) is 6.19. The summed E-state index contributed by atoms with van der Waals surface area (Å²) in [6.07, 6.45) is 0. The van der Waals surface area contributed by atoms with Gasteiger partial charge in [0.1, 0.15) is 11.4 Å². The van der Waals surface area contributed by atoms with E-state index in [0.29, 0.717) is 49.8 Å². The third kappa shape index (κ3) is 3.41. The topological polar surface area (TPSA) is 116 Å². The van der Waals surface area contributed by atoms with Crippen LogP contribution in [0.5, 0.6) is 5.75 Å². The van der Waals surface area contributed by atoms with Crippen molar-refractivity contribution in [2.45, 2.75) is 6.92 Å². The predicted octanol–water partition coefficient (Wildman–Crippen LogP) is 3.11. The highest BCUT2D eigenvalue weighted by Crippen LogP contribution is 2.40. The van der Waals surface area contributed by atoms with E-state index in [1.54, 1.807) is 30.3 Å². The zero-order valence-corrected chi connectivity index (χ0v) is 15.3. The molecule has 1 aliphatic rings. The minimum Gasteiger partial charge on any atom is -0.494 e. The van der Waals surface area contributed by atoms with Crippen LogP contribution in [0.25, 0.3) is 11.0 Å². The van der Waals surface area contributed by atoms with Gasteiger partial charge in [-0.15, -0.1) is 0 Å². The molecule has 0 spiro atoms. The number of nitrogens with one attached hydrogen (secondary N) is 1. The van der Waals surface area contributed by atoms with Crippen LogP contribution in [0.4, 0.5) is 22.7 Å². The van der Waals surface area contributed by atoms with Gasteiger partial charge in [-0.25, -0.2) is 4.63 Å². The monoisotopic (exact) mass is 385 g/mol. The van der Waals surface area contributed by atoms with Crippen LogP contribution in [-0.4, -0.2) is 48.1 Å². The fraction of sp³-hybridized carbons (Fsp3) is 0.333. The van der Waals surface area contributed by atoms with Crippen LogP contribution in [0, 0.1) is 10.1 Å². The first-order valence-electron chi connectivity index (χ1n) is 8.93. The Morgan fingerprint density at radius 1 is 1.21 bits per heavy atom. The molecular weight excluding hydrogens is 366 g/mol. The molecule has 146 valence electrons. The number of nitro groups is 1. The Morgan fingerprint density at radius 3 is 2.61 bits per heavy atom. The first kappa shape index (κ1) is 18.0. The Hall–Kier alpha value is -3.40. The smallest absolute Gasteiger partial charge is 0.324 e. The van der Waals surface area contributed by atoms with Crippen molar-refractivity contribution in [1.82, 2.24) is 10.3 Å². The summed E-state index contributed by atoms with van der Waals surface area (Å²) in [5.74, 6) is 0.729. The van der Waals surface area contributed by atoms with E-state index in [0.717, 1.165) is 11.4 Å². The third-order valence-corrected chi connectivity index (χ3v) is 4.47. The lowest BCUT2D eigenvalue weighted by Crippen LogP contribution is -2.36. The number of fused-ring (bicyclic) bond motifs is 1. The molecule has 0 atom stereocenters. The Morgan fingerprint density at radius 2 is 1.93 bits per heavy atom. The summed E-state index contributed by atoms with van der Waals surface area (Å²) in [7, 11) is 0. The average molecular weight is 385 g/mol. The fourth-order valence-electron chi connectivity index (χ4n) is 3.20. The van der Waals surface area contributed by atoms with Gasteiger partial charge in [-0.2, -0.15) is 0 Å². The van der Waals surface area contributed by atoms with Gasteiger partial charge < -0.3 is 19.7 Å². The van der Waals surface area contributed by atoms with Gasteiger partial charge in [-0.05, 0) is 47.6 Å². The summed E-state index contributed by atoms with van der Waals surface area (Å²) in [6, 6.07) is 8.92. The minimum absolute atomic E-state index is 0.113. The number of hydrogen-bond donors (Lipinski definition) is 1. The molecule has 1 fully saturated rings. The van der Waals surface area contributed by atoms with Gasteiger partial charge in [0, 0.05) is 18.8 Å². The van der Waals surface area contributed by atoms with Crippen LogP contribution in [0.3, 0.4) is 0 Å². The zero-order valence-electron chi connectivity index (χ0n) is 15.3. The number of benzene rings is 2. The second kappa shape index (κ2) is 7.69. The van der Waals surface area contributed by atoms with Crippen LogP contribution in [0.1, 0.15) is 6.92 Å². The van der Waals surface area contributed by atoms with Crippen LogP contribution in [-0.2, 0) is 4.74 Å². The summed E-state index contributed by atoms with van der Waals surface area (Å²) in [6.45, 7) is 4.93. The van der Waals surface area contributed by atoms with E-state index in [2.05, 4.69) is 20.5 Å². The summed E-state index contributed by atoms with van der Waals surface area (Å²) in [4.78, 5) is 13.3. The summed E-state index contributed by atoms with van der Waals surface area (Å²) in [5, 5.41) is 22.6. The number of morpholine rings is 1. The van der Waals surface area contributed by atoms with Crippen molar-refractivity contribution < 1.29 is 19.0 Å². The maximum absolute atomic E-state index is 11.8. The van der Waals surface area contributed by atoms with Crippen molar-refractivity contribution in [3.63, 3.8) is 0 Å². The Kier molecular flexibility index (Phi) is 4.94. The zero-order chi connectivity index (χ0) is 19.5. The lowest BCUT2D eigenvalue weighted by atomic mass is 10.1. The Bertz CT molecular complexity index is 982. The van der Waals surface area contributed by atoms with Gasteiger partial charge in [0.25, 0.3) is 0 Å². The predicted molar refractivity (Wildman–Crippen MR) is 102 cm³/mol. The molecule has 2 aromatic carbocycles. The molecule has 3 aromatic rings. The first-order valence-corrected chi connectivity index (χ1v) is 8.93. The van der Waals surface area contributed by atoms with Gasteiger partial charge >= 0.3 is 5.69 Å². The summed E-state index contributed by atoms with van der Waals surface area (Å²) in [5.41, 5.74) is 2.03. The summed E-state index contributed by atoms with van der Waals surface area (Å²) < 4.78 is 15.7. The number of rotatable bonds is 6. The van der Waals surface area contributed by atoms with E-state index in [4.69, 9.17) is 14.1 Å². The molecule has 1 aliphatic heterocycles. The van der Waals surface area contributed by atoms with Gasteiger partial charge in [0.2, 0.25) is 5.52 Å². The molecule has 0 radical (unpaired) electrons. The van der Waals surface area contributed by atoms with Crippen molar-refractivity contribution in [3.05, 3.63) is 40.4 Å². The van der Waals surface area contributed by atoms with E-state index >= 15 is 0 Å². The fourth-order valence-corrected chi connectivity index (χ4v) is 3.20. The first-order chi connectivity index (χ1) is 13.7. The lowest BCUT2D eigenvalue weighted by molar-refractivity contribution is -0.382. The maximum Gasteiger partial charge on any atom is 0.324 e.